The van der Waals surface area contributed by atoms with Gasteiger partial charge in [0.2, 0.25) is 17.4 Å². The monoisotopic (exact) mass is 705 g/mol. The molecule has 13 heteroatoms. The number of cyclic esters (lactones) is 1. The number of aliphatic imine (C=N–C) groups is 1. The molecular weight excluding hydrogens is 682 g/mol. The van der Waals surface area contributed by atoms with Crippen LogP contribution in [0.5, 0.6) is 40.2 Å². The van der Waals surface area contributed by atoms with Gasteiger partial charge in [0.25, 0.3) is 0 Å². The topological polar surface area (TPSA) is 120 Å². The molecule has 1 aliphatic rings. The quantitative estimate of drug-likeness (QED) is 0.145. The molecule has 42 heavy (non-hydrogen) atoms. The van der Waals surface area contributed by atoms with Gasteiger partial charge in [-0.2, -0.15) is 0 Å². The van der Waals surface area contributed by atoms with Crippen LogP contribution in [-0.2, 0) is 9.53 Å². The van der Waals surface area contributed by atoms with Gasteiger partial charge in [-0.1, -0.05) is 15.9 Å². The molecule has 0 amide bonds. The highest BCUT2D eigenvalue weighted by Crippen LogP contribution is 2.41. The number of esters is 2. The van der Waals surface area contributed by atoms with Crippen LogP contribution in [-0.4, -0.2) is 60.5 Å². The third-order valence-electron chi connectivity index (χ3n) is 5.96. The van der Waals surface area contributed by atoms with Crippen molar-refractivity contribution in [3.63, 3.8) is 0 Å². The number of carbonyl (C=O) groups is 2. The van der Waals surface area contributed by atoms with E-state index in [-0.39, 0.29) is 34.4 Å². The molecule has 4 rings (SSSR count). The number of nitrogens with zero attached hydrogens (tertiary/aromatic N) is 1. The van der Waals surface area contributed by atoms with Crippen molar-refractivity contribution in [2.75, 3.05) is 42.7 Å². The number of hydrogen-bond acceptors (Lipinski definition) is 11. The molecule has 0 fully saturated rings. The van der Waals surface area contributed by atoms with Gasteiger partial charge in [0.05, 0.1) is 52.7 Å². The molecule has 0 saturated heterocycles. The van der Waals surface area contributed by atoms with Crippen LogP contribution in [0.4, 0.5) is 0 Å². The Hall–Kier alpha value is -4.23. The number of hydrogen-bond donors (Lipinski definition) is 0. The van der Waals surface area contributed by atoms with Crippen molar-refractivity contribution >= 4 is 55.8 Å². The SMILES string of the molecule is COc1cc(C(=O)Oc2c(Br)cc(Br)cc2C=C2N=C(c3cc(OC)c(OC)c(OC)c3)OC2=O)cc(OC)c1OC. The lowest BCUT2D eigenvalue weighted by Gasteiger charge is -2.15. The summed E-state index contributed by atoms with van der Waals surface area (Å²) >= 11 is 6.87. The minimum atomic E-state index is -0.715. The summed E-state index contributed by atoms with van der Waals surface area (Å²) in [6.45, 7) is 0. The van der Waals surface area contributed by atoms with E-state index in [0.717, 1.165) is 0 Å². The maximum absolute atomic E-state index is 13.3. The van der Waals surface area contributed by atoms with E-state index >= 15 is 0 Å². The van der Waals surface area contributed by atoms with Crippen LogP contribution in [0, 0.1) is 0 Å². The van der Waals surface area contributed by atoms with Crippen molar-refractivity contribution in [2.45, 2.75) is 0 Å². The molecule has 0 radical (unpaired) electrons. The number of methoxy groups -OCH3 is 6. The summed E-state index contributed by atoms with van der Waals surface area (Å²) in [5, 5.41) is 0. The second kappa shape index (κ2) is 13.2. The first-order valence-corrected chi connectivity index (χ1v) is 13.6. The van der Waals surface area contributed by atoms with Crippen molar-refractivity contribution in [1.29, 1.82) is 0 Å². The zero-order valence-corrected chi connectivity index (χ0v) is 26.5. The van der Waals surface area contributed by atoms with Gasteiger partial charge in [-0.25, -0.2) is 14.6 Å². The smallest absolute Gasteiger partial charge is 0.363 e. The fourth-order valence-corrected chi connectivity index (χ4v) is 5.37. The first-order valence-electron chi connectivity index (χ1n) is 12.0. The molecule has 0 aromatic heterocycles. The van der Waals surface area contributed by atoms with Gasteiger partial charge in [0.15, 0.2) is 34.4 Å². The van der Waals surface area contributed by atoms with Gasteiger partial charge in [-0.05, 0) is 58.4 Å². The first-order chi connectivity index (χ1) is 20.2. The van der Waals surface area contributed by atoms with Crippen LogP contribution in [0.1, 0.15) is 21.5 Å². The second-order valence-electron chi connectivity index (χ2n) is 8.36. The fraction of sp³-hybridized carbons (Fsp3) is 0.207. The minimum Gasteiger partial charge on any atom is -0.493 e. The van der Waals surface area contributed by atoms with Crippen LogP contribution in [0.2, 0.25) is 0 Å². The first kappa shape index (κ1) is 30.7. The molecule has 1 heterocycles. The van der Waals surface area contributed by atoms with E-state index in [9.17, 15) is 9.59 Å². The molecule has 3 aromatic rings. The average Bonchev–Trinajstić information content (AvgIpc) is 3.36. The minimum absolute atomic E-state index is 0.0236. The van der Waals surface area contributed by atoms with Gasteiger partial charge >= 0.3 is 11.9 Å². The largest absolute Gasteiger partial charge is 0.493 e. The number of halogens is 2. The van der Waals surface area contributed by atoms with Crippen molar-refractivity contribution in [2.24, 2.45) is 4.99 Å². The summed E-state index contributed by atoms with van der Waals surface area (Å²) in [4.78, 5) is 30.5. The molecule has 3 aromatic carbocycles. The Morgan fingerprint density at radius 2 is 1.26 bits per heavy atom. The van der Waals surface area contributed by atoms with E-state index in [1.165, 1.54) is 60.9 Å². The predicted octanol–water partition coefficient (Wildman–Crippen LogP) is 5.83. The van der Waals surface area contributed by atoms with Crippen molar-refractivity contribution in [3.05, 3.63) is 67.7 Å². The zero-order valence-electron chi connectivity index (χ0n) is 23.3. The molecular formula is C29H25Br2NO10. The average molecular weight is 707 g/mol. The van der Waals surface area contributed by atoms with Gasteiger partial charge < -0.3 is 37.9 Å². The lowest BCUT2D eigenvalue weighted by atomic mass is 10.1. The fourth-order valence-electron chi connectivity index (χ4n) is 4.03. The van der Waals surface area contributed by atoms with Crippen LogP contribution in [0.25, 0.3) is 6.08 Å². The maximum atomic E-state index is 13.3. The highest BCUT2D eigenvalue weighted by molar-refractivity contribution is 9.11. The van der Waals surface area contributed by atoms with E-state index in [0.29, 0.717) is 43.1 Å². The van der Waals surface area contributed by atoms with Gasteiger partial charge in [0.1, 0.15) is 0 Å². The van der Waals surface area contributed by atoms with Crippen LogP contribution in [0.15, 0.2) is 56.0 Å². The lowest BCUT2D eigenvalue weighted by molar-refractivity contribution is -0.129. The standard InChI is InChI=1S/C29H25Br2NO10/c1-35-20-9-15(10-21(36-2)25(20)39-5)27-32-19(29(34)42-27)8-14-7-17(30)13-18(31)24(14)41-28(33)16-11-22(37-3)26(40-6)23(12-16)38-4/h7-13H,1-6H3. The molecule has 0 bridgehead atoms. The molecule has 0 saturated carbocycles. The Kier molecular flexibility index (Phi) is 9.63. The molecule has 220 valence electrons. The molecule has 0 aliphatic carbocycles. The van der Waals surface area contributed by atoms with Crippen molar-refractivity contribution < 1.29 is 47.5 Å². The van der Waals surface area contributed by atoms with Gasteiger partial charge in [-0.3, -0.25) is 0 Å². The van der Waals surface area contributed by atoms with E-state index in [4.69, 9.17) is 37.9 Å². The number of carbonyl (C=O) groups excluding carboxylic acids is 2. The van der Waals surface area contributed by atoms with Gasteiger partial charge in [-0.15, -0.1) is 0 Å². The summed E-state index contributed by atoms with van der Waals surface area (Å²) in [5.41, 5.74) is 0.888. The van der Waals surface area contributed by atoms with Crippen molar-refractivity contribution in [3.8, 4) is 40.2 Å². The summed E-state index contributed by atoms with van der Waals surface area (Å²) < 4.78 is 44.5. The number of benzene rings is 3. The third-order valence-corrected chi connectivity index (χ3v) is 7.00. The molecule has 11 nitrogen and oxygen atoms in total. The van der Waals surface area contributed by atoms with Crippen molar-refractivity contribution in [1.82, 2.24) is 0 Å². The van der Waals surface area contributed by atoms with E-state index in [2.05, 4.69) is 36.9 Å². The Labute approximate surface area is 258 Å². The Morgan fingerprint density at radius 1 is 0.738 bits per heavy atom. The Morgan fingerprint density at radius 3 is 1.76 bits per heavy atom. The summed E-state index contributed by atoms with van der Waals surface area (Å²) in [6, 6.07) is 9.51. The molecule has 1 aliphatic heterocycles. The summed E-state index contributed by atoms with van der Waals surface area (Å²) in [6.07, 6.45) is 1.45. The lowest BCUT2D eigenvalue weighted by Crippen LogP contribution is -2.11. The Bertz CT molecular complexity index is 1570. The highest BCUT2D eigenvalue weighted by Gasteiger charge is 2.28. The normalized spacial score (nSPS) is 13.3. The molecule has 0 spiro atoms. The van der Waals surface area contributed by atoms with Gasteiger partial charge in [0, 0.05) is 15.6 Å². The van der Waals surface area contributed by atoms with Crippen LogP contribution < -0.4 is 33.2 Å². The second-order valence-corrected chi connectivity index (χ2v) is 10.1. The maximum Gasteiger partial charge on any atom is 0.363 e. The molecule has 0 unspecified atom stereocenters. The number of ether oxygens (including phenoxy) is 8. The molecule has 0 N–H and O–H groups in total. The Balaban J connectivity index is 1.74. The van der Waals surface area contributed by atoms with E-state index < -0.39 is 11.9 Å². The predicted molar refractivity (Wildman–Crippen MR) is 160 cm³/mol. The van der Waals surface area contributed by atoms with E-state index in [1.54, 1.807) is 24.3 Å². The third kappa shape index (κ3) is 6.16. The van der Waals surface area contributed by atoms with Crippen LogP contribution in [0.3, 0.4) is 0 Å². The summed E-state index contributed by atoms with van der Waals surface area (Å²) in [5.74, 6) is 0.717. The summed E-state index contributed by atoms with van der Waals surface area (Å²) in [7, 11) is 8.77. The number of rotatable bonds is 10. The highest BCUT2D eigenvalue weighted by atomic mass is 79.9. The molecule has 0 atom stereocenters. The zero-order chi connectivity index (χ0) is 30.6. The van der Waals surface area contributed by atoms with Crippen LogP contribution >= 0.6 is 31.9 Å². The van der Waals surface area contributed by atoms with E-state index in [1.807, 2.05) is 0 Å².